The van der Waals surface area contributed by atoms with Crippen LogP contribution in [0.3, 0.4) is 0 Å². The van der Waals surface area contributed by atoms with Crippen molar-refractivity contribution in [1.82, 2.24) is 4.90 Å². The van der Waals surface area contributed by atoms with E-state index in [-0.39, 0.29) is 28.5 Å². The fraction of sp³-hybridized carbons (Fsp3) is 0.304. The van der Waals surface area contributed by atoms with Gasteiger partial charge in [0.05, 0.1) is 28.0 Å². The van der Waals surface area contributed by atoms with Gasteiger partial charge in [0.25, 0.3) is 11.6 Å². The number of rotatable bonds is 7. The Morgan fingerprint density at radius 2 is 2.00 bits per heavy atom. The summed E-state index contributed by atoms with van der Waals surface area (Å²) in [6, 6.07) is 10.2. The standard InChI is InChI=1S/C23H21BrN2O6/c1-13(2)31-10-4-9-25-20(14-5-3-6-16(11-14)26(29)30)19-21(27)17-12-15(24)7-8-18(17)32-22(19)23(25)28/h3,5-8,11-13,20H,4,9-10H2,1-2H3/t20-/m0/s1. The Hall–Kier alpha value is -3.04. The van der Waals surface area contributed by atoms with Crippen LogP contribution in [0.1, 0.15) is 48.0 Å². The Morgan fingerprint density at radius 1 is 1.22 bits per heavy atom. The van der Waals surface area contributed by atoms with Crippen LogP contribution in [-0.4, -0.2) is 35.0 Å². The molecule has 1 amide bonds. The van der Waals surface area contributed by atoms with Crippen LogP contribution in [0, 0.1) is 10.1 Å². The van der Waals surface area contributed by atoms with Gasteiger partial charge in [-0.25, -0.2) is 0 Å². The number of non-ortho nitro benzene ring substituents is 1. The molecule has 0 unspecified atom stereocenters. The molecular weight excluding hydrogens is 480 g/mol. The molecule has 0 spiro atoms. The van der Waals surface area contributed by atoms with Crippen molar-refractivity contribution < 1.29 is 18.9 Å². The average molecular weight is 501 g/mol. The maximum Gasteiger partial charge on any atom is 0.290 e. The van der Waals surface area contributed by atoms with E-state index in [1.165, 1.54) is 17.0 Å². The lowest BCUT2D eigenvalue weighted by atomic mass is 9.98. The first-order valence-corrected chi connectivity index (χ1v) is 11.0. The van der Waals surface area contributed by atoms with E-state index in [1.807, 2.05) is 13.8 Å². The quantitative estimate of drug-likeness (QED) is 0.261. The van der Waals surface area contributed by atoms with Gasteiger partial charge < -0.3 is 14.1 Å². The Balaban J connectivity index is 1.85. The number of amides is 1. The second kappa shape index (κ2) is 8.84. The highest BCUT2D eigenvalue weighted by Gasteiger charge is 2.42. The molecule has 0 radical (unpaired) electrons. The molecular formula is C23H21BrN2O6. The molecule has 9 heteroatoms. The number of carbonyl (C=O) groups excluding carboxylic acids is 1. The number of halogens is 1. The number of carbonyl (C=O) groups is 1. The van der Waals surface area contributed by atoms with Gasteiger partial charge in [0, 0.05) is 29.8 Å². The van der Waals surface area contributed by atoms with Gasteiger partial charge in [-0.1, -0.05) is 28.1 Å². The zero-order valence-electron chi connectivity index (χ0n) is 17.5. The van der Waals surface area contributed by atoms with Crippen molar-refractivity contribution in [2.45, 2.75) is 32.4 Å². The van der Waals surface area contributed by atoms with E-state index in [2.05, 4.69) is 15.9 Å². The van der Waals surface area contributed by atoms with E-state index in [0.29, 0.717) is 40.6 Å². The molecule has 1 atom stereocenters. The molecule has 1 aromatic heterocycles. The van der Waals surface area contributed by atoms with Gasteiger partial charge >= 0.3 is 0 Å². The highest BCUT2D eigenvalue weighted by Crippen LogP contribution is 2.39. The number of fused-ring (bicyclic) bond motifs is 2. The summed E-state index contributed by atoms with van der Waals surface area (Å²) in [4.78, 5) is 39.1. The molecule has 1 aliphatic heterocycles. The largest absolute Gasteiger partial charge is 0.450 e. The summed E-state index contributed by atoms with van der Waals surface area (Å²) in [7, 11) is 0. The summed E-state index contributed by atoms with van der Waals surface area (Å²) in [6.07, 6.45) is 0.601. The first-order chi connectivity index (χ1) is 15.3. The van der Waals surface area contributed by atoms with E-state index in [4.69, 9.17) is 9.15 Å². The predicted octanol–water partition coefficient (Wildman–Crippen LogP) is 4.82. The molecule has 0 aliphatic carbocycles. The number of nitro benzene ring substituents is 1. The lowest BCUT2D eigenvalue weighted by molar-refractivity contribution is -0.384. The minimum absolute atomic E-state index is 0.0221. The topological polar surface area (TPSA) is 103 Å². The molecule has 4 rings (SSSR count). The third kappa shape index (κ3) is 4.05. The van der Waals surface area contributed by atoms with Gasteiger partial charge in [-0.05, 0) is 44.0 Å². The average Bonchev–Trinajstić information content (AvgIpc) is 3.04. The number of benzene rings is 2. The number of ether oxygens (including phenoxy) is 1. The van der Waals surface area contributed by atoms with E-state index < -0.39 is 16.9 Å². The van der Waals surface area contributed by atoms with Gasteiger partial charge in [-0.15, -0.1) is 0 Å². The van der Waals surface area contributed by atoms with Gasteiger partial charge in [0.2, 0.25) is 5.76 Å². The van der Waals surface area contributed by atoms with Crippen LogP contribution in [0.2, 0.25) is 0 Å². The second-order valence-corrected chi connectivity index (χ2v) is 8.76. The normalized spacial score (nSPS) is 15.6. The first kappa shape index (κ1) is 22.2. The van der Waals surface area contributed by atoms with Crippen LogP contribution in [0.4, 0.5) is 5.69 Å². The SMILES string of the molecule is CC(C)OCCCN1C(=O)c2oc3ccc(Br)cc3c(=O)c2[C@@H]1c1cccc([N+](=O)[O-])c1. The molecule has 166 valence electrons. The van der Waals surface area contributed by atoms with Gasteiger partial charge in [-0.3, -0.25) is 19.7 Å². The predicted molar refractivity (Wildman–Crippen MR) is 122 cm³/mol. The number of hydrogen-bond donors (Lipinski definition) is 0. The third-order valence-corrected chi connectivity index (χ3v) is 5.81. The summed E-state index contributed by atoms with van der Waals surface area (Å²) in [6.45, 7) is 4.60. The van der Waals surface area contributed by atoms with Crippen LogP contribution in [0.15, 0.2) is 56.1 Å². The number of nitro groups is 1. The van der Waals surface area contributed by atoms with Crippen LogP contribution >= 0.6 is 15.9 Å². The zero-order valence-corrected chi connectivity index (χ0v) is 19.1. The summed E-state index contributed by atoms with van der Waals surface area (Å²) in [5.74, 6) is -0.436. The van der Waals surface area contributed by atoms with E-state index in [0.717, 1.165) is 0 Å². The lowest BCUT2D eigenvalue weighted by Gasteiger charge is -2.25. The molecule has 0 N–H and O–H groups in total. The number of hydrogen-bond acceptors (Lipinski definition) is 6. The minimum Gasteiger partial charge on any atom is -0.450 e. The fourth-order valence-electron chi connectivity index (χ4n) is 3.93. The molecule has 3 aromatic rings. The van der Waals surface area contributed by atoms with E-state index in [9.17, 15) is 19.7 Å². The highest BCUT2D eigenvalue weighted by molar-refractivity contribution is 9.10. The zero-order chi connectivity index (χ0) is 23.0. The Kier molecular flexibility index (Phi) is 6.12. The van der Waals surface area contributed by atoms with Crippen molar-refractivity contribution in [2.24, 2.45) is 0 Å². The molecule has 8 nitrogen and oxygen atoms in total. The Morgan fingerprint density at radius 3 is 2.72 bits per heavy atom. The van der Waals surface area contributed by atoms with Gasteiger partial charge in [0.15, 0.2) is 5.43 Å². The van der Waals surface area contributed by atoms with Crippen molar-refractivity contribution in [3.63, 3.8) is 0 Å². The first-order valence-electron chi connectivity index (χ1n) is 10.2. The highest BCUT2D eigenvalue weighted by atomic mass is 79.9. The van der Waals surface area contributed by atoms with Crippen molar-refractivity contribution in [1.29, 1.82) is 0 Å². The van der Waals surface area contributed by atoms with Crippen LogP contribution in [0.5, 0.6) is 0 Å². The second-order valence-electron chi connectivity index (χ2n) is 7.84. The van der Waals surface area contributed by atoms with Crippen LogP contribution in [-0.2, 0) is 4.74 Å². The maximum absolute atomic E-state index is 13.5. The van der Waals surface area contributed by atoms with E-state index >= 15 is 0 Å². The number of nitrogens with zero attached hydrogens (tertiary/aromatic N) is 2. The lowest BCUT2D eigenvalue weighted by Crippen LogP contribution is -2.31. The molecule has 0 bridgehead atoms. The van der Waals surface area contributed by atoms with Crippen molar-refractivity contribution in [3.05, 3.63) is 84.2 Å². The molecule has 0 fully saturated rings. The smallest absolute Gasteiger partial charge is 0.290 e. The maximum atomic E-state index is 13.5. The van der Waals surface area contributed by atoms with Crippen molar-refractivity contribution >= 4 is 38.5 Å². The molecule has 0 saturated carbocycles. The van der Waals surface area contributed by atoms with Crippen molar-refractivity contribution in [3.8, 4) is 0 Å². The van der Waals surface area contributed by atoms with Crippen LogP contribution in [0.25, 0.3) is 11.0 Å². The summed E-state index contributed by atoms with van der Waals surface area (Å²) < 4.78 is 12.2. The molecule has 32 heavy (non-hydrogen) atoms. The summed E-state index contributed by atoms with van der Waals surface area (Å²) >= 11 is 3.36. The Labute approximate surface area is 192 Å². The van der Waals surface area contributed by atoms with Gasteiger partial charge in [-0.2, -0.15) is 0 Å². The fourth-order valence-corrected chi connectivity index (χ4v) is 4.29. The third-order valence-electron chi connectivity index (χ3n) is 5.32. The van der Waals surface area contributed by atoms with Crippen LogP contribution < -0.4 is 5.43 Å². The minimum atomic E-state index is -0.781. The molecule has 2 heterocycles. The van der Waals surface area contributed by atoms with Crippen molar-refractivity contribution in [2.75, 3.05) is 13.2 Å². The van der Waals surface area contributed by atoms with Gasteiger partial charge in [0.1, 0.15) is 5.58 Å². The molecule has 2 aromatic carbocycles. The Bertz CT molecular complexity index is 1270. The monoisotopic (exact) mass is 500 g/mol. The molecule has 1 aliphatic rings. The summed E-state index contributed by atoms with van der Waals surface area (Å²) in [5, 5.41) is 11.7. The summed E-state index contributed by atoms with van der Waals surface area (Å²) in [5.41, 5.74) is 0.560. The van der Waals surface area contributed by atoms with E-state index in [1.54, 1.807) is 30.3 Å². The molecule has 0 saturated heterocycles.